The molecular formula is C24H24F2. The molecule has 2 aromatic carbocycles. The number of fused-ring (bicyclic) bond motifs is 3. The molecular weight excluding hydrogens is 326 g/mol. The van der Waals surface area contributed by atoms with E-state index in [-0.39, 0.29) is 0 Å². The van der Waals surface area contributed by atoms with E-state index < -0.39 is 11.6 Å². The van der Waals surface area contributed by atoms with E-state index in [1.807, 2.05) is 0 Å². The molecule has 0 amide bonds. The second-order valence-electron chi connectivity index (χ2n) is 7.81. The standard InChI is InChI=1S/C24H24F2/c1-2-16-5-9-23-19(11-16)7-8-20-12-17(6-10-24(20)23)3-4-18-13-21(25)15-22(26)14-18/h6,10,12-16,19,23H,2,5,7-9,11H2,1H3/t16-,19-,23+/m1/s1. The Morgan fingerprint density at radius 2 is 1.69 bits per heavy atom. The van der Waals surface area contributed by atoms with Gasteiger partial charge in [0.1, 0.15) is 11.6 Å². The Labute approximate surface area is 154 Å². The average molecular weight is 350 g/mol. The first-order chi connectivity index (χ1) is 12.6. The van der Waals surface area contributed by atoms with Crippen LogP contribution in [-0.4, -0.2) is 0 Å². The van der Waals surface area contributed by atoms with Crippen molar-refractivity contribution in [3.05, 3.63) is 70.3 Å². The Hall–Kier alpha value is -2.14. The van der Waals surface area contributed by atoms with Crippen molar-refractivity contribution in [3.8, 4) is 11.8 Å². The highest BCUT2D eigenvalue weighted by atomic mass is 19.1. The van der Waals surface area contributed by atoms with Crippen LogP contribution in [0.25, 0.3) is 0 Å². The highest BCUT2D eigenvalue weighted by Crippen LogP contribution is 2.47. The summed E-state index contributed by atoms with van der Waals surface area (Å²) in [7, 11) is 0. The van der Waals surface area contributed by atoms with Crippen LogP contribution in [0.3, 0.4) is 0 Å². The van der Waals surface area contributed by atoms with Gasteiger partial charge >= 0.3 is 0 Å². The quantitative estimate of drug-likeness (QED) is 0.536. The van der Waals surface area contributed by atoms with E-state index in [2.05, 4.69) is 37.0 Å². The third-order valence-electron chi connectivity index (χ3n) is 6.21. The molecule has 2 aliphatic carbocycles. The number of aryl methyl sites for hydroxylation is 1. The number of halogens is 2. The van der Waals surface area contributed by atoms with Crippen molar-refractivity contribution in [3.63, 3.8) is 0 Å². The van der Waals surface area contributed by atoms with Gasteiger partial charge in [-0.2, -0.15) is 0 Å². The highest BCUT2D eigenvalue weighted by molar-refractivity contribution is 5.47. The number of rotatable bonds is 1. The van der Waals surface area contributed by atoms with Crippen LogP contribution in [0.5, 0.6) is 0 Å². The van der Waals surface area contributed by atoms with Gasteiger partial charge in [-0.25, -0.2) is 8.78 Å². The molecule has 1 saturated carbocycles. The first kappa shape index (κ1) is 17.3. The monoisotopic (exact) mass is 350 g/mol. The molecule has 2 aromatic rings. The van der Waals surface area contributed by atoms with Crippen LogP contribution >= 0.6 is 0 Å². The summed E-state index contributed by atoms with van der Waals surface area (Å²) in [4.78, 5) is 0. The molecule has 2 aliphatic rings. The van der Waals surface area contributed by atoms with Crippen molar-refractivity contribution in [1.82, 2.24) is 0 Å². The molecule has 0 aliphatic heterocycles. The molecule has 134 valence electrons. The first-order valence-corrected chi connectivity index (χ1v) is 9.73. The predicted octanol–water partition coefficient (Wildman–Crippen LogP) is 6.22. The molecule has 0 radical (unpaired) electrons. The molecule has 0 saturated heterocycles. The van der Waals surface area contributed by atoms with E-state index >= 15 is 0 Å². The normalized spacial score (nSPS) is 24.2. The van der Waals surface area contributed by atoms with Crippen LogP contribution in [0.15, 0.2) is 36.4 Å². The van der Waals surface area contributed by atoms with Crippen LogP contribution < -0.4 is 0 Å². The van der Waals surface area contributed by atoms with Crippen molar-refractivity contribution in [2.45, 2.75) is 51.4 Å². The zero-order valence-electron chi connectivity index (χ0n) is 15.2. The minimum absolute atomic E-state index is 0.373. The highest BCUT2D eigenvalue weighted by Gasteiger charge is 2.34. The van der Waals surface area contributed by atoms with E-state index in [0.717, 1.165) is 29.9 Å². The fourth-order valence-corrected chi connectivity index (χ4v) is 4.83. The number of hydrogen-bond acceptors (Lipinski definition) is 0. The Morgan fingerprint density at radius 1 is 0.923 bits per heavy atom. The third-order valence-corrected chi connectivity index (χ3v) is 6.21. The zero-order chi connectivity index (χ0) is 18.1. The second-order valence-corrected chi connectivity index (χ2v) is 7.81. The minimum Gasteiger partial charge on any atom is -0.207 e. The lowest BCUT2D eigenvalue weighted by atomic mass is 9.65. The van der Waals surface area contributed by atoms with Gasteiger partial charge in [-0.15, -0.1) is 0 Å². The molecule has 0 spiro atoms. The van der Waals surface area contributed by atoms with Gasteiger partial charge in [-0.3, -0.25) is 0 Å². The number of hydrogen-bond donors (Lipinski definition) is 0. The van der Waals surface area contributed by atoms with Crippen LogP contribution in [-0.2, 0) is 6.42 Å². The van der Waals surface area contributed by atoms with E-state index in [0.29, 0.717) is 11.5 Å². The number of benzene rings is 2. The first-order valence-electron chi connectivity index (χ1n) is 9.73. The minimum atomic E-state index is -0.589. The van der Waals surface area contributed by atoms with Gasteiger partial charge in [-0.1, -0.05) is 31.3 Å². The molecule has 0 N–H and O–H groups in total. The van der Waals surface area contributed by atoms with Gasteiger partial charge in [0.25, 0.3) is 0 Å². The average Bonchev–Trinajstić information content (AvgIpc) is 2.64. The summed E-state index contributed by atoms with van der Waals surface area (Å²) in [6.07, 6.45) is 7.75. The van der Waals surface area contributed by atoms with Gasteiger partial charge in [0.2, 0.25) is 0 Å². The van der Waals surface area contributed by atoms with E-state index in [9.17, 15) is 8.78 Å². The second kappa shape index (κ2) is 7.23. The SMILES string of the molecule is CC[C@@H]1CC[C@@H]2c3ccc(C#Cc4cc(F)cc(F)c4)cc3CC[C@@H]2C1. The summed E-state index contributed by atoms with van der Waals surface area (Å²) in [5.41, 5.74) is 4.23. The summed E-state index contributed by atoms with van der Waals surface area (Å²) in [6.45, 7) is 2.32. The van der Waals surface area contributed by atoms with E-state index in [1.54, 1.807) is 0 Å². The molecule has 4 rings (SSSR count). The van der Waals surface area contributed by atoms with Crippen molar-refractivity contribution in [2.75, 3.05) is 0 Å². The fraction of sp³-hybridized carbons (Fsp3) is 0.417. The maximum absolute atomic E-state index is 13.3. The van der Waals surface area contributed by atoms with E-state index in [4.69, 9.17) is 0 Å². The predicted molar refractivity (Wildman–Crippen MR) is 101 cm³/mol. The third kappa shape index (κ3) is 3.54. The van der Waals surface area contributed by atoms with Crippen LogP contribution in [0, 0.1) is 35.3 Å². The van der Waals surface area contributed by atoms with Gasteiger partial charge in [0.05, 0.1) is 0 Å². The summed E-state index contributed by atoms with van der Waals surface area (Å²) >= 11 is 0. The van der Waals surface area contributed by atoms with Crippen LogP contribution in [0.2, 0.25) is 0 Å². The lowest BCUT2D eigenvalue weighted by Crippen LogP contribution is -2.27. The molecule has 0 aromatic heterocycles. The lowest BCUT2D eigenvalue weighted by molar-refractivity contribution is 0.206. The van der Waals surface area contributed by atoms with Crippen molar-refractivity contribution in [2.24, 2.45) is 11.8 Å². The smallest absolute Gasteiger partial charge is 0.127 e. The summed E-state index contributed by atoms with van der Waals surface area (Å²) in [5.74, 6) is 7.24. The zero-order valence-corrected chi connectivity index (χ0v) is 15.2. The Kier molecular flexibility index (Phi) is 4.81. The lowest BCUT2D eigenvalue weighted by Gasteiger charge is -2.40. The van der Waals surface area contributed by atoms with Gasteiger partial charge in [0, 0.05) is 17.2 Å². The molecule has 0 bridgehead atoms. The largest absolute Gasteiger partial charge is 0.207 e. The van der Waals surface area contributed by atoms with Gasteiger partial charge in [0.15, 0.2) is 0 Å². The molecule has 2 heteroatoms. The Bertz CT molecular complexity index is 851. The summed E-state index contributed by atoms with van der Waals surface area (Å²) in [6, 6.07) is 9.90. The molecule has 0 unspecified atom stereocenters. The van der Waals surface area contributed by atoms with E-state index in [1.165, 1.54) is 55.4 Å². The maximum Gasteiger partial charge on any atom is 0.127 e. The molecule has 3 atom stereocenters. The topological polar surface area (TPSA) is 0 Å². The summed E-state index contributed by atoms with van der Waals surface area (Å²) in [5, 5.41) is 0. The van der Waals surface area contributed by atoms with Gasteiger partial charge < -0.3 is 0 Å². The Balaban J connectivity index is 1.57. The van der Waals surface area contributed by atoms with Crippen LogP contribution in [0.1, 0.15) is 67.2 Å². The maximum atomic E-state index is 13.3. The van der Waals surface area contributed by atoms with Gasteiger partial charge in [-0.05, 0) is 85.3 Å². The Morgan fingerprint density at radius 3 is 2.46 bits per heavy atom. The molecule has 1 fully saturated rings. The van der Waals surface area contributed by atoms with Crippen molar-refractivity contribution < 1.29 is 8.78 Å². The van der Waals surface area contributed by atoms with Crippen LogP contribution in [0.4, 0.5) is 8.78 Å². The van der Waals surface area contributed by atoms with Crippen molar-refractivity contribution >= 4 is 0 Å². The molecule has 26 heavy (non-hydrogen) atoms. The molecule has 0 nitrogen and oxygen atoms in total. The molecule has 0 heterocycles. The summed E-state index contributed by atoms with van der Waals surface area (Å²) < 4.78 is 26.6. The van der Waals surface area contributed by atoms with Crippen molar-refractivity contribution in [1.29, 1.82) is 0 Å². The fourth-order valence-electron chi connectivity index (χ4n) is 4.83.